The Morgan fingerprint density at radius 3 is 1.61 bits per heavy atom. The smallest absolute Gasteiger partial charge is 0.308 e. The molecule has 4 nitrogen and oxygen atoms in total. The van der Waals surface area contributed by atoms with Crippen LogP contribution in [0.3, 0.4) is 0 Å². The van der Waals surface area contributed by atoms with E-state index in [0.717, 1.165) is 0 Å². The van der Waals surface area contributed by atoms with Gasteiger partial charge in [-0.3, -0.25) is 9.88 Å². The maximum absolute atomic E-state index is 12.9. The van der Waals surface area contributed by atoms with E-state index in [4.69, 9.17) is 9.05 Å². The predicted molar refractivity (Wildman–Crippen MR) is 77.0 cm³/mol. The van der Waals surface area contributed by atoms with E-state index in [9.17, 15) is 4.57 Å². The Kier molecular flexibility index (Phi) is 6.55. The minimum atomic E-state index is -3.16. The molecule has 1 atom stereocenters. The molecule has 0 aliphatic heterocycles. The molecule has 0 spiro atoms. The van der Waals surface area contributed by atoms with Gasteiger partial charge in [-0.15, -0.1) is 0 Å². The molecule has 0 aromatic carbocycles. The van der Waals surface area contributed by atoms with E-state index < -0.39 is 7.60 Å². The summed E-state index contributed by atoms with van der Waals surface area (Å²) >= 11 is 0. The van der Waals surface area contributed by atoms with Crippen LogP contribution in [0.1, 0.15) is 55.4 Å². The molecule has 110 valence electrons. The maximum atomic E-state index is 12.9. The quantitative estimate of drug-likeness (QED) is 0.746. The fourth-order valence-electron chi connectivity index (χ4n) is 1.73. The van der Waals surface area contributed by atoms with Crippen LogP contribution >= 0.6 is 7.60 Å². The van der Waals surface area contributed by atoms with Gasteiger partial charge in [0.05, 0.1) is 13.2 Å². The second-order valence-electron chi connectivity index (χ2n) is 6.54. The molecule has 0 radical (unpaired) electrons. The number of nitrogens with one attached hydrogen (secondary N) is 1. The van der Waals surface area contributed by atoms with E-state index in [1.807, 2.05) is 55.4 Å². The first-order chi connectivity index (χ1) is 7.96. The van der Waals surface area contributed by atoms with E-state index in [1.54, 1.807) is 0 Å². The van der Waals surface area contributed by atoms with Crippen molar-refractivity contribution in [2.45, 2.75) is 66.7 Å². The Balaban J connectivity index is 5.32. The van der Waals surface area contributed by atoms with Crippen molar-refractivity contribution >= 4 is 7.60 Å². The van der Waals surface area contributed by atoms with Crippen molar-refractivity contribution < 1.29 is 13.6 Å². The molecule has 18 heavy (non-hydrogen) atoms. The standard InChI is InChI=1S/C13H30NO3P/c1-9-16-18(15,17-10-2)11(12(3,4)5)14-13(6,7)8/h11,14H,9-10H2,1-8H3. The van der Waals surface area contributed by atoms with Gasteiger partial charge in [0.2, 0.25) is 0 Å². The third-order valence-electron chi connectivity index (χ3n) is 2.32. The molecule has 5 heteroatoms. The molecule has 0 aromatic rings. The summed E-state index contributed by atoms with van der Waals surface area (Å²) in [4.78, 5) is 0. The van der Waals surface area contributed by atoms with Gasteiger partial charge in [0, 0.05) is 5.54 Å². The van der Waals surface area contributed by atoms with Gasteiger partial charge in [0.15, 0.2) is 0 Å². The topological polar surface area (TPSA) is 47.6 Å². The molecule has 0 fully saturated rings. The van der Waals surface area contributed by atoms with Crippen molar-refractivity contribution in [3.63, 3.8) is 0 Å². The van der Waals surface area contributed by atoms with Gasteiger partial charge >= 0.3 is 7.60 Å². The first-order valence-electron chi connectivity index (χ1n) is 6.62. The van der Waals surface area contributed by atoms with Crippen LogP contribution in [0.2, 0.25) is 0 Å². The Labute approximate surface area is 112 Å². The van der Waals surface area contributed by atoms with E-state index in [0.29, 0.717) is 13.2 Å². The molecular weight excluding hydrogens is 249 g/mol. The molecule has 0 aromatic heterocycles. The molecule has 0 heterocycles. The number of rotatable bonds is 6. The molecule has 0 amide bonds. The third-order valence-corrected chi connectivity index (χ3v) is 5.10. The average molecular weight is 279 g/mol. The summed E-state index contributed by atoms with van der Waals surface area (Å²) in [5.74, 6) is -0.329. The zero-order valence-corrected chi connectivity index (χ0v) is 14.1. The highest BCUT2D eigenvalue weighted by Crippen LogP contribution is 2.57. The molecule has 0 saturated carbocycles. The van der Waals surface area contributed by atoms with Crippen LogP contribution in [0.4, 0.5) is 0 Å². The van der Waals surface area contributed by atoms with E-state index >= 15 is 0 Å². The third kappa shape index (κ3) is 5.83. The highest BCUT2D eigenvalue weighted by atomic mass is 31.2. The monoisotopic (exact) mass is 279 g/mol. The molecule has 0 bridgehead atoms. The van der Waals surface area contributed by atoms with Crippen molar-refractivity contribution in [3.8, 4) is 0 Å². The molecule has 0 rings (SSSR count). The summed E-state index contributed by atoms with van der Waals surface area (Å²) < 4.78 is 23.9. The van der Waals surface area contributed by atoms with Gasteiger partial charge in [-0.1, -0.05) is 20.8 Å². The fraction of sp³-hybridized carbons (Fsp3) is 1.00. The van der Waals surface area contributed by atoms with Gasteiger partial charge in [-0.2, -0.15) is 0 Å². The average Bonchev–Trinajstić information content (AvgIpc) is 2.12. The zero-order chi connectivity index (χ0) is 14.6. The van der Waals surface area contributed by atoms with Crippen molar-refractivity contribution in [2.75, 3.05) is 13.2 Å². The highest BCUT2D eigenvalue weighted by Gasteiger charge is 2.44. The lowest BCUT2D eigenvalue weighted by molar-refractivity contribution is 0.169. The van der Waals surface area contributed by atoms with Gasteiger partial charge in [0.1, 0.15) is 5.78 Å². The summed E-state index contributed by atoms with van der Waals surface area (Å²) in [6.45, 7) is 16.7. The summed E-state index contributed by atoms with van der Waals surface area (Å²) in [5, 5.41) is 3.39. The van der Waals surface area contributed by atoms with Crippen LogP contribution in [-0.2, 0) is 13.6 Å². The summed E-state index contributed by atoms with van der Waals surface area (Å²) in [5.41, 5.74) is -0.366. The Morgan fingerprint density at radius 1 is 1.00 bits per heavy atom. The van der Waals surface area contributed by atoms with E-state index in [1.165, 1.54) is 0 Å². The van der Waals surface area contributed by atoms with Crippen LogP contribution in [-0.4, -0.2) is 24.5 Å². The number of hydrogen-bond acceptors (Lipinski definition) is 4. The van der Waals surface area contributed by atoms with Crippen molar-refractivity contribution in [2.24, 2.45) is 5.41 Å². The summed E-state index contributed by atoms with van der Waals surface area (Å²) in [7, 11) is -3.16. The second-order valence-corrected chi connectivity index (χ2v) is 8.65. The highest BCUT2D eigenvalue weighted by molar-refractivity contribution is 7.54. The van der Waals surface area contributed by atoms with Crippen molar-refractivity contribution in [1.82, 2.24) is 5.32 Å². The number of hydrogen-bond donors (Lipinski definition) is 1. The van der Waals surface area contributed by atoms with Crippen molar-refractivity contribution in [1.29, 1.82) is 0 Å². The lowest BCUT2D eigenvalue weighted by Gasteiger charge is -2.40. The minimum Gasteiger partial charge on any atom is -0.308 e. The molecule has 0 aliphatic carbocycles. The van der Waals surface area contributed by atoms with Crippen molar-refractivity contribution in [3.05, 3.63) is 0 Å². The second kappa shape index (κ2) is 6.51. The summed E-state index contributed by atoms with van der Waals surface area (Å²) in [6.07, 6.45) is 0. The van der Waals surface area contributed by atoms with Crippen LogP contribution in [0.15, 0.2) is 0 Å². The van der Waals surface area contributed by atoms with E-state index in [2.05, 4.69) is 5.32 Å². The Bertz CT molecular complexity index is 282. The van der Waals surface area contributed by atoms with Gasteiger partial charge in [0.25, 0.3) is 0 Å². The van der Waals surface area contributed by atoms with Crippen LogP contribution in [0, 0.1) is 5.41 Å². The fourth-order valence-corrected chi connectivity index (χ4v) is 4.31. The van der Waals surface area contributed by atoms with Crippen LogP contribution in [0.25, 0.3) is 0 Å². The maximum Gasteiger partial charge on any atom is 0.347 e. The van der Waals surface area contributed by atoms with Gasteiger partial charge in [-0.25, -0.2) is 0 Å². The van der Waals surface area contributed by atoms with Gasteiger partial charge < -0.3 is 9.05 Å². The normalized spacial score (nSPS) is 15.8. The predicted octanol–water partition coefficient (Wildman–Crippen LogP) is 4.01. The zero-order valence-electron chi connectivity index (χ0n) is 13.2. The molecule has 1 N–H and O–H groups in total. The molecule has 0 aliphatic rings. The first-order valence-corrected chi connectivity index (χ1v) is 8.24. The van der Waals surface area contributed by atoms with E-state index in [-0.39, 0.29) is 16.7 Å². The molecular formula is C13H30NO3P. The lowest BCUT2D eigenvalue weighted by Crippen LogP contribution is -2.50. The summed E-state index contributed by atoms with van der Waals surface area (Å²) in [6, 6.07) is 0. The van der Waals surface area contributed by atoms with Crippen LogP contribution < -0.4 is 5.32 Å². The van der Waals surface area contributed by atoms with Gasteiger partial charge in [-0.05, 0) is 40.0 Å². The molecule has 1 unspecified atom stereocenters. The first kappa shape index (κ1) is 18.1. The largest absolute Gasteiger partial charge is 0.347 e. The lowest BCUT2D eigenvalue weighted by atomic mass is 9.94. The van der Waals surface area contributed by atoms with Crippen LogP contribution in [0.5, 0.6) is 0 Å². The Morgan fingerprint density at radius 2 is 1.39 bits per heavy atom. The molecule has 0 saturated heterocycles. The Hall–Kier alpha value is 0.110. The minimum absolute atomic E-state index is 0.151. The SMILES string of the molecule is CCOP(=O)(OCC)C(NC(C)(C)C)C(C)(C)C.